The lowest BCUT2D eigenvalue weighted by molar-refractivity contribution is -0.133. The smallest absolute Gasteiger partial charge is 0.338 e. The number of carbonyl (C=O) groups is 1. The fourth-order valence-electron chi connectivity index (χ4n) is 2.25. The van der Waals surface area contributed by atoms with E-state index in [-0.39, 0.29) is 5.97 Å². The van der Waals surface area contributed by atoms with Gasteiger partial charge in [0, 0.05) is 5.56 Å². The predicted molar refractivity (Wildman–Crippen MR) is 100 cm³/mol. The Balaban J connectivity index is 2.79. The van der Waals surface area contributed by atoms with Crippen LogP contribution in [-0.2, 0) is 9.53 Å². The average molecular weight is 328 g/mol. The lowest BCUT2D eigenvalue weighted by Crippen LogP contribution is -2.07. The van der Waals surface area contributed by atoms with Crippen LogP contribution in [0.25, 0.3) is 5.57 Å². The van der Waals surface area contributed by atoms with Gasteiger partial charge in [-0.2, -0.15) is 0 Å². The molecule has 0 amide bonds. The van der Waals surface area contributed by atoms with Gasteiger partial charge in [-0.1, -0.05) is 42.0 Å². The van der Waals surface area contributed by atoms with Gasteiger partial charge in [-0.3, -0.25) is 0 Å². The number of benzene rings is 1. The number of methoxy groups -OCH3 is 1. The van der Waals surface area contributed by atoms with Gasteiger partial charge < -0.3 is 9.47 Å². The van der Waals surface area contributed by atoms with Gasteiger partial charge in [-0.25, -0.2) is 4.79 Å². The fourth-order valence-corrected chi connectivity index (χ4v) is 2.25. The monoisotopic (exact) mass is 328 g/mol. The van der Waals surface area contributed by atoms with Crippen molar-refractivity contribution in [3.63, 3.8) is 0 Å². The first-order valence-electron chi connectivity index (χ1n) is 8.27. The van der Waals surface area contributed by atoms with Crippen molar-refractivity contribution in [3.05, 3.63) is 59.2 Å². The molecule has 130 valence electrons. The number of para-hydroxylation sites is 1. The van der Waals surface area contributed by atoms with Crippen molar-refractivity contribution in [2.24, 2.45) is 0 Å². The SMILES string of the molecule is CC=C(C)CCC=C(C)COc1ccccc1C(=CC)C(=O)OC. The summed E-state index contributed by atoms with van der Waals surface area (Å²) in [6.07, 6.45) is 8.16. The molecule has 1 rings (SSSR count). The summed E-state index contributed by atoms with van der Waals surface area (Å²) < 4.78 is 10.8. The van der Waals surface area contributed by atoms with Crippen LogP contribution in [0.3, 0.4) is 0 Å². The summed E-state index contributed by atoms with van der Waals surface area (Å²) >= 11 is 0. The van der Waals surface area contributed by atoms with E-state index in [0.717, 1.165) is 18.4 Å². The molecule has 0 aliphatic rings. The molecule has 1 aromatic carbocycles. The Bertz CT molecular complexity index is 636. The molecule has 1 aromatic rings. The van der Waals surface area contributed by atoms with E-state index in [9.17, 15) is 4.79 Å². The second kappa shape index (κ2) is 10.5. The number of rotatable bonds is 8. The van der Waals surface area contributed by atoms with Gasteiger partial charge in [0.05, 0.1) is 12.7 Å². The predicted octanol–water partition coefficient (Wildman–Crippen LogP) is 5.33. The molecule has 0 saturated heterocycles. The molecule has 3 nitrogen and oxygen atoms in total. The summed E-state index contributed by atoms with van der Waals surface area (Å²) in [6, 6.07) is 7.53. The first-order valence-corrected chi connectivity index (χ1v) is 8.27. The van der Waals surface area contributed by atoms with Crippen molar-refractivity contribution >= 4 is 11.5 Å². The molecule has 0 atom stereocenters. The Kier molecular flexibility index (Phi) is 8.63. The zero-order chi connectivity index (χ0) is 17.9. The van der Waals surface area contributed by atoms with Crippen LogP contribution in [0, 0.1) is 0 Å². The van der Waals surface area contributed by atoms with E-state index in [2.05, 4.69) is 32.9 Å². The third-order valence-electron chi connectivity index (χ3n) is 3.85. The highest BCUT2D eigenvalue weighted by atomic mass is 16.5. The topological polar surface area (TPSA) is 35.5 Å². The Morgan fingerprint density at radius 2 is 1.79 bits per heavy atom. The maximum atomic E-state index is 11.9. The first-order chi connectivity index (χ1) is 11.5. The van der Waals surface area contributed by atoms with Crippen LogP contribution in [0.2, 0.25) is 0 Å². The molecule has 0 radical (unpaired) electrons. The molecule has 0 saturated carbocycles. The summed E-state index contributed by atoms with van der Waals surface area (Å²) in [6.45, 7) is 8.58. The largest absolute Gasteiger partial charge is 0.489 e. The zero-order valence-electron chi connectivity index (χ0n) is 15.4. The molecule has 24 heavy (non-hydrogen) atoms. The molecule has 0 unspecified atom stereocenters. The molecular formula is C21H28O3. The van der Waals surface area contributed by atoms with Crippen LogP contribution in [0.15, 0.2) is 53.6 Å². The van der Waals surface area contributed by atoms with Crippen LogP contribution < -0.4 is 4.74 Å². The Morgan fingerprint density at radius 3 is 2.42 bits per heavy atom. The fraction of sp³-hybridized carbons (Fsp3) is 0.381. The van der Waals surface area contributed by atoms with E-state index < -0.39 is 0 Å². The molecule has 0 spiro atoms. The van der Waals surface area contributed by atoms with Gasteiger partial charge in [0.15, 0.2) is 0 Å². The molecule has 3 heteroatoms. The molecular weight excluding hydrogens is 300 g/mol. The third-order valence-corrected chi connectivity index (χ3v) is 3.85. The molecule has 0 bridgehead atoms. The maximum Gasteiger partial charge on any atom is 0.338 e. The van der Waals surface area contributed by atoms with Gasteiger partial charge in [-0.05, 0) is 52.2 Å². The minimum atomic E-state index is -0.359. The van der Waals surface area contributed by atoms with Gasteiger partial charge >= 0.3 is 5.97 Å². The highest BCUT2D eigenvalue weighted by molar-refractivity contribution is 6.17. The number of carbonyl (C=O) groups excluding carboxylic acids is 1. The summed E-state index contributed by atoms with van der Waals surface area (Å²) in [5, 5.41) is 0. The van der Waals surface area contributed by atoms with Crippen molar-refractivity contribution in [3.8, 4) is 5.75 Å². The number of hydrogen-bond acceptors (Lipinski definition) is 3. The van der Waals surface area contributed by atoms with Gasteiger partial charge in [0.1, 0.15) is 12.4 Å². The first kappa shape index (κ1) is 19.8. The Hall–Kier alpha value is -2.29. The normalized spacial score (nSPS) is 13.0. The Morgan fingerprint density at radius 1 is 1.08 bits per heavy atom. The Labute approximate surface area is 145 Å². The van der Waals surface area contributed by atoms with E-state index in [1.165, 1.54) is 18.3 Å². The second-order valence-corrected chi connectivity index (χ2v) is 5.70. The van der Waals surface area contributed by atoms with Gasteiger partial charge in [0.25, 0.3) is 0 Å². The van der Waals surface area contributed by atoms with Crippen molar-refractivity contribution in [2.45, 2.75) is 40.5 Å². The lowest BCUT2D eigenvalue weighted by Gasteiger charge is -2.13. The van der Waals surface area contributed by atoms with Crippen molar-refractivity contribution < 1.29 is 14.3 Å². The summed E-state index contributed by atoms with van der Waals surface area (Å²) in [5.41, 5.74) is 3.83. The molecule has 0 aromatic heterocycles. The quantitative estimate of drug-likeness (QED) is 0.367. The van der Waals surface area contributed by atoms with Gasteiger partial charge in [0.2, 0.25) is 0 Å². The van der Waals surface area contributed by atoms with Crippen molar-refractivity contribution in [1.82, 2.24) is 0 Å². The molecule has 0 aliphatic heterocycles. The minimum absolute atomic E-state index is 0.359. The summed E-state index contributed by atoms with van der Waals surface area (Å²) in [5.74, 6) is 0.330. The summed E-state index contributed by atoms with van der Waals surface area (Å²) in [7, 11) is 1.38. The van der Waals surface area contributed by atoms with E-state index >= 15 is 0 Å². The minimum Gasteiger partial charge on any atom is -0.489 e. The van der Waals surface area contributed by atoms with Crippen LogP contribution in [0.1, 0.15) is 46.1 Å². The lowest BCUT2D eigenvalue weighted by atomic mass is 10.0. The van der Waals surface area contributed by atoms with Crippen molar-refractivity contribution in [1.29, 1.82) is 0 Å². The number of esters is 1. The second-order valence-electron chi connectivity index (χ2n) is 5.70. The zero-order valence-corrected chi connectivity index (χ0v) is 15.4. The number of hydrogen-bond donors (Lipinski definition) is 0. The van der Waals surface area contributed by atoms with E-state index in [4.69, 9.17) is 9.47 Å². The number of ether oxygens (including phenoxy) is 2. The maximum absolute atomic E-state index is 11.9. The molecule has 0 heterocycles. The van der Waals surface area contributed by atoms with E-state index in [0.29, 0.717) is 17.9 Å². The van der Waals surface area contributed by atoms with Gasteiger partial charge in [-0.15, -0.1) is 0 Å². The van der Waals surface area contributed by atoms with Crippen LogP contribution in [0.4, 0.5) is 0 Å². The van der Waals surface area contributed by atoms with E-state index in [1.807, 2.05) is 31.2 Å². The highest BCUT2D eigenvalue weighted by Gasteiger charge is 2.15. The number of allylic oxidation sites excluding steroid dienone is 4. The molecule has 0 N–H and O–H groups in total. The molecule has 0 fully saturated rings. The average Bonchev–Trinajstić information content (AvgIpc) is 2.61. The van der Waals surface area contributed by atoms with E-state index in [1.54, 1.807) is 6.08 Å². The highest BCUT2D eigenvalue weighted by Crippen LogP contribution is 2.27. The standard InChI is InChI=1S/C21H28O3/c1-6-16(3)11-10-12-17(4)15-24-20-14-9-8-13-19(20)18(7-2)21(22)23-5/h6-9,12-14H,10-11,15H2,1-5H3. The van der Waals surface area contributed by atoms with Crippen LogP contribution in [0.5, 0.6) is 5.75 Å². The van der Waals surface area contributed by atoms with Crippen LogP contribution in [-0.4, -0.2) is 19.7 Å². The summed E-state index contributed by atoms with van der Waals surface area (Å²) in [4.78, 5) is 11.9. The van der Waals surface area contributed by atoms with Crippen molar-refractivity contribution in [2.75, 3.05) is 13.7 Å². The molecule has 0 aliphatic carbocycles. The third kappa shape index (κ3) is 6.07. The van der Waals surface area contributed by atoms with Crippen LogP contribution >= 0.6 is 0 Å².